The minimum absolute atomic E-state index is 0.153. The first-order chi connectivity index (χ1) is 16.5. The van der Waals surface area contributed by atoms with E-state index in [-0.39, 0.29) is 6.04 Å². The summed E-state index contributed by atoms with van der Waals surface area (Å²) in [6, 6.07) is 2.14. The Balaban J connectivity index is 1.29. The van der Waals surface area contributed by atoms with Crippen molar-refractivity contribution in [3.05, 3.63) is 18.5 Å². The van der Waals surface area contributed by atoms with Crippen molar-refractivity contribution < 1.29 is 19.4 Å². The molecule has 1 saturated heterocycles. The highest BCUT2D eigenvalue weighted by molar-refractivity contribution is 6.40. The van der Waals surface area contributed by atoms with Crippen LogP contribution in [-0.4, -0.2) is 73.5 Å². The first-order valence-corrected chi connectivity index (χ1v) is 12.2. The molecule has 0 radical (unpaired) electrons. The van der Waals surface area contributed by atoms with Crippen LogP contribution in [0, 0.1) is 17.8 Å². The number of fused-ring (bicyclic) bond motifs is 3. The minimum Gasteiger partial charge on any atom is -0.390 e. The van der Waals surface area contributed by atoms with Gasteiger partial charge in [0.2, 0.25) is 0 Å². The highest BCUT2D eigenvalue weighted by Gasteiger charge is 2.56. The second kappa shape index (κ2) is 7.26. The molecule has 4 aliphatic carbocycles. The molecule has 3 N–H and O–H groups in total. The Morgan fingerprint density at radius 3 is 2.65 bits per heavy atom. The van der Waals surface area contributed by atoms with Crippen LogP contribution in [0.5, 0.6) is 0 Å². The number of hydrogen-bond acceptors (Lipinski definition) is 6. The predicted octanol–water partition coefficient (Wildman–Crippen LogP) is 1.82. The lowest BCUT2D eigenvalue weighted by atomic mass is 9.52. The number of carbonyl (C=O) groups is 2. The van der Waals surface area contributed by atoms with Crippen molar-refractivity contribution in [2.75, 3.05) is 31.6 Å². The van der Waals surface area contributed by atoms with Gasteiger partial charge in [-0.1, -0.05) is 0 Å². The van der Waals surface area contributed by atoms with Crippen LogP contribution in [0.15, 0.2) is 18.5 Å². The number of carbonyl (C=O) groups excluding carboxylic acids is 2. The van der Waals surface area contributed by atoms with Gasteiger partial charge in [0.05, 0.1) is 35.8 Å². The third kappa shape index (κ3) is 3.01. The van der Waals surface area contributed by atoms with E-state index in [2.05, 4.69) is 20.0 Å². The van der Waals surface area contributed by atoms with Crippen molar-refractivity contribution in [3.63, 3.8) is 0 Å². The Hall–Kier alpha value is -2.98. The van der Waals surface area contributed by atoms with Gasteiger partial charge in [-0.3, -0.25) is 14.3 Å². The van der Waals surface area contributed by atoms with Gasteiger partial charge in [0.15, 0.2) is 5.82 Å². The van der Waals surface area contributed by atoms with Crippen LogP contribution in [0.3, 0.4) is 0 Å². The van der Waals surface area contributed by atoms with Crippen LogP contribution in [-0.2, 0) is 14.3 Å². The zero-order valence-electron chi connectivity index (χ0n) is 18.9. The van der Waals surface area contributed by atoms with Crippen molar-refractivity contribution >= 4 is 39.6 Å². The summed E-state index contributed by atoms with van der Waals surface area (Å²) in [5.74, 6) is 0.380. The van der Waals surface area contributed by atoms with Gasteiger partial charge >= 0.3 is 11.8 Å². The Morgan fingerprint density at radius 1 is 1.15 bits per heavy atom. The molecule has 10 nitrogen and oxygen atoms in total. The first-order valence-electron chi connectivity index (χ1n) is 12.2. The summed E-state index contributed by atoms with van der Waals surface area (Å²) in [5.41, 5.74) is 1.14. The number of nitrogens with zero attached hydrogens (tertiary/aromatic N) is 4. The van der Waals surface area contributed by atoms with Gasteiger partial charge in [0.1, 0.15) is 5.65 Å². The van der Waals surface area contributed by atoms with Crippen molar-refractivity contribution in [2.45, 2.75) is 43.7 Å². The predicted molar refractivity (Wildman–Crippen MR) is 123 cm³/mol. The van der Waals surface area contributed by atoms with E-state index in [0.29, 0.717) is 49.9 Å². The number of anilines is 1. The second-order valence-corrected chi connectivity index (χ2v) is 10.6. The highest BCUT2D eigenvalue weighted by Crippen LogP contribution is 2.60. The lowest BCUT2D eigenvalue weighted by Crippen LogP contribution is -2.55. The van der Waals surface area contributed by atoms with E-state index in [0.717, 1.165) is 54.0 Å². The molecule has 8 rings (SSSR count). The van der Waals surface area contributed by atoms with Crippen LogP contribution in [0.1, 0.15) is 38.1 Å². The van der Waals surface area contributed by atoms with Gasteiger partial charge in [-0.15, -0.1) is 0 Å². The van der Waals surface area contributed by atoms with Crippen molar-refractivity contribution in [1.29, 1.82) is 0 Å². The Bertz CT molecular complexity index is 1290. The summed E-state index contributed by atoms with van der Waals surface area (Å²) in [6.45, 7) is 1.68. The molecule has 4 heterocycles. The van der Waals surface area contributed by atoms with E-state index in [4.69, 9.17) is 9.84 Å². The molecule has 178 valence electrons. The Kier molecular flexibility index (Phi) is 4.35. The summed E-state index contributed by atoms with van der Waals surface area (Å²) in [5, 5.41) is 20.4. The van der Waals surface area contributed by atoms with E-state index >= 15 is 0 Å². The lowest BCUT2D eigenvalue weighted by molar-refractivity contribution is -0.148. The van der Waals surface area contributed by atoms with Crippen molar-refractivity contribution in [1.82, 2.24) is 24.6 Å². The molecule has 34 heavy (non-hydrogen) atoms. The lowest BCUT2D eigenvalue weighted by Gasteiger charge is -2.57. The quantitative estimate of drug-likeness (QED) is 0.497. The zero-order chi connectivity index (χ0) is 23.0. The topological polar surface area (TPSA) is 125 Å². The number of aromatic amines is 1. The van der Waals surface area contributed by atoms with Crippen molar-refractivity contribution in [3.8, 4) is 0 Å². The number of nitrogens with one attached hydrogen (secondary N) is 2. The maximum atomic E-state index is 12.9. The van der Waals surface area contributed by atoms with Crippen LogP contribution < -0.4 is 5.32 Å². The number of ether oxygens (including phenoxy) is 1. The van der Waals surface area contributed by atoms with E-state index in [9.17, 15) is 14.7 Å². The monoisotopic (exact) mass is 464 g/mol. The fourth-order valence-electron chi connectivity index (χ4n) is 7.36. The number of morpholine rings is 1. The average molecular weight is 465 g/mol. The van der Waals surface area contributed by atoms with E-state index < -0.39 is 17.4 Å². The second-order valence-electron chi connectivity index (χ2n) is 10.6. The molecule has 4 saturated carbocycles. The molecule has 3 aromatic rings. The molecule has 2 amide bonds. The maximum absolute atomic E-state index is 12.9. The summed E-state index contributed by atoms with van der Waals surface area (Å²) in [7, 11) is 0. The number of H-pyrrole nitrogens is 1. The van der Waals surface area contributed by atoms with Gasteiger partial charge in [-0.25, -0.2) is 4.98 Å². The molecule has 3 aromatic heterocycles. The number of rotatable bonds is 2. The fraction of sp³-hybridized carbons (Fsp3) is 0.583. The van der Waals surface area contributed by atoms with Crippen molar-refractivity contribution in [2.24, 2.45) is 17.8 Å². The molecule has 0 aromatic carbocycles. The van der Waals surface area contributed by atoms with E-state index in [1.165, 1.54) is 4.90 Å². The Labute approximate surface area is 195 Å². The van der Waals surface area contributed by atoms with Gasteiger partial charge in [0, 0.05) is 30.9 Å². The fourth-order valence-corrected chi connectivity index (χ4v) is 7.36. The number of aromatic nitrogens is 4. The smallest absolute Gasteiger partial charge is 0.315 e. The van der Waals surface area contributed by atoms with E-state index in [1.807, 2.05) is 12.3 Å². The third-order valence-electron chi connectivity index (χ3n) is 8.45. The molecular weight excluding hydrogens is 436 g/mol. The number of pyridine rings is 1. The van der Waals surface area contributed by atoms with E-state index in [1.54, 1.807) is 6.20 Å². The van der Waals surface area contributed by atoms with Crippen LogP contribution in [0.4, 0.5) is 5.82 Å². The molecule has 1 aliphatic heterocycles. The molecule has 5 aliphatic rings. The van der Waals surface area contributed by atoms with Gasteiger partial charge in [0.25, 0.3) is 0 Å². The number of amides is 2. The summed E-state index contributed by atoms with van der Waals surface area (Å²) < 4.78 is 7.36. The van der Waals surface area contributed by atoms with Gasteiger partial charge in [-0.05, 0) is 55.9 Å². The Morgan fingerprint density at radius 2 is 1.91 bits per heavy atom. The molecule has 10 heteroatoms. The SMILES string of the molecule is O=C(Nc1nn([C@H]2[C@@H]3CC4C[C@H]2C[C@@](O)(C4)C3)c2c1cnc1[nH]ccc12)C(=O)N1CCOCC1. The molecule has 5 atom stereocenters. The number of aliphatic hydroxyl groups is 1. The average Bonchev–Trinajstić information content (AvgIpc) is 3.42. The molecule has 4 bridgehead atoms. The summed E-state index contributed by atoms with van der Waals surface area (Å²) in [4.78, 5) is 34.8. The van der Waals surface area contributed by atoms with Crippen LogP contribution in [0.25, 0.3) is 21.9 Å². The van der Waals surface area contributed by atoms with Gasteiger partial charge in [-0.2, -0.15) is 5.10 Å². The third-order valence-corrected chi connectivity index (χ3v) is 8.45. The molecular formula is C24H28N6O4. The largest absolute Gasteiger partial charge is 0.390 e. The summed E-state index contributed by atoms with van der Waals surface area (Å²) in [6.07, 6.45) is 8.29. The maximum Gasteiger partial charge on any atom is 0.315 e. The standard InChI is InChI=1S/C24H28N6O4/c31-22(23(32)29-3-5-34-6-4-29)27-21-17-12-26-20-16(1-2-25-20)19(17)30(28-21)18-14-7-13-8-15(18)11-24(33,9-13)10-14/h1-2,12-15,18,33H,3-11H2,(H,25,26)(H,27,28,31)/t13?,14-,15+,18+,24-. The molecule has 5 fully saturated rings. The van der Waals surface area contributed by atoms with Gasteiger partial charge < -0.3 is 25.0 Å². The van der Waals surface area contributed by atoms with Crippen LogP contribution in [0.2, 0.25) is 0 Å². The first kappa shape index (κ1) is 20.4. The van der Waals surface area contributed by atoms with Crippen LogP contribution >= 0.6 is 0 Å². The summed E-state index contributed by atoms with van der Waals surface area (Å²) >= 11 is 0. The normalized spacial score (nSPS) is 32.6. The zero-order valence-corrected chi connectivity index (χ0v) is 18.9. The molecule has 1 unspecified atom stereocenters. The highest BCUT2D eigenvalue weighted by atomic mass is 16.5. The number of hydrogen-bond donors (Lipinski definition) is 3. The minimum atomic E-state index is -0.693. The molecule has 0 spiro atoms.